The Kier molecular flexibility index (Phi) is 9.30. The lowest BCUT2D eigenvalue weighted by atomic mass is 10.1. The average molecular weight is 570 g/mol. The van der Waals surface area contributed by atoms with E-state index in [2.05, 4.69) is 25.5 Å². The minimum atomic E-state index is -0.639. The van der Waals surface area contributed by atoms with Gasteiger partial charge in [-0.1, -0.05) is 0 Å². The van der Waals surface area contributed by atoms with E-state index < -0.39 is 11.6 Å². The maximum Gasteiger partial charge on any atom is 0.278 e. The van der Waals surface area contributed by atoms with E-state index in [1.165, 1.54) is 53.1 Å². The predicted molar refractivity (Wildman–Crippen MR) is 156 cm³/mol. The number of anilines is 2. The first-order valence-corrected chi connectivity index (χ1v) is 14.2. The number of rotatable bonds is 5. The molecule has 0 aliphatic carbocycles. The average Bonchev–Trinajstić information content (AvgIpc) is 3.54. The van der Waals surface area contributed by atoms with E-state index in [-0.39, 0.29) is 11.6 Å². The van der Waals surface area contributed by atoms with Crippen LogP contribution in [-0.4, -0.2) is 55.1 Å². The molecule has 3 aromatic heterocycles. The molecule has 0 bridgehead atoms. The molecule has 2 aliphatic rings. The molecule has 2 amide bonds. The van der Waals surface area contributed by atoms with Crippen molar-refractivity contribution in [1.82, 2.24) is 24.8 Å². The van der Waals surface area contributed by atoms with E-state index in [4.69, 9.17) is 16.6 Å². The summed E-state index contributed by atoms with van der Waals surface area (Å²) in [6.07, 6.45) is 8.14. The van der Waals surface area contributed by atoms with Crippen LogP contribution in [0.25, 0.3) is 10.1 Å². The minimum absolute atomic E-state index is 0.0584. The Hall–Kier alpha value is -3.78. The third-order valence-corrected chi connectivity index (χ3v) is 8.20. The van der Waals surface area contributed by atoms with Crippen LogP contribution < -0.4 is 21.9 Å². The third-order valence-electron chi connectivity index (χ3n) is 6.34. The number of nitrogens with one attached hydrogen (secondary N) is 4. The Morgan fingerprint density at radius 2 is 2.00 bits per heavy atom. The zero-order valence-corrected chi connectivity index (χ0v) is 23.2. The molecule has 1 atom stereocenters. The molecule has 6 N–H and O–H groups in total. The third kappa shape index (κ3) is 7.00. The van der Waals surface area contributed by atoms with Crippen molar-refractivity contribution in [3.05, 3.63) is 45.6 Å². The number of carbonyl (C=O) groups excluding carboxylic acids is 2. The molecule has 3 aromatic rings. The number of thiophene rings is 1. The molecule has 1 unspecified atom stereocenters. The molecule has 2 aliphatic heterocycles. The van der Waals surface area contributed by atoms with Gasteiger partial charge < -0.3 is 21.3 Å². The molecule has 0 saturated carbocycles. The van der Waals surface area contributed by atoms with Crippen molar-refractivity contribution in [2.75, 3.05) is 24.1 Å². The van der Waals surface area contributed by atoms with Gasteiger partial charge in [0, 0.05) is 40.7 Å². The Balaban J connectivity index is 0.000000247. The number of nitrogens with two attached hydrogens (primary N) is 1. The molecule has 39 heavy (non-hydrogen) atoms. The van der Waals surface area contributed by atoms with Gasteiger partial charge in [0.1, 0.15) is 23.4 Å². The number of hydrogen-bond donors (Lipinski definition) is 5. The topological polar surface area (TPSA) is 183 Å². The summed E-state index contributed by atoms with van der Waals surface area (Å²) in [5.74, 6) is 0.741. The van der Waals surface area contributed by atoms with Crippen LogP contribution >= 0.6 is 23.1 Å². The molecular weight excluding hydrogens is 538 g/mol. The normalized spacial score (nSPS) is 16.1. The van der Waals surface area contributed by atoms with E-state index in [0.717, 1.165) is 28.1 Å². The van der Waals surface area contributed by atoms with Gasteiger partial charge >= 0.3 is 0 Å². The van der Waals surface area contributed by atoms with Crippen LogP contribution in [0.3, 0.4) is 0 Å². The molecule has 206 valence electrons. The molecule has 12 nitrogen and oxygen atoms in total. The molecule has 5 rings (SSSR count). The first-order chi connectivity index (χ1) is 18.8. The van der Waals surface area contributed by atoms with E-state index in [1.807, 2.05) is 6.07 Å². The second-order valence-electron chi connectivity index (χ2n) is 9.17. The second-order valence-corrected chi connectivity index (χ2v) is 11.5. The fraction of sp³-hybridized carbons (Fsp3) is 0.400. The molecule has 1 saturated heterocycles. The van der Waals surface area contributed by atoms with Crippen LogP contribution in [0.15, 0.2) is 29.3 Å². The number of nitrogens with zero attached hydrogens (tertiary/aromatic N) is 4. The molecule has 14 heteroatoms. The fourth-order valence-electron chi connectivity index (χ4n) is 4.50. The summed E-state index contributed by atoms with van der Waals surface area (Å²) in [6.45, 7) is 4.07. The summed E-state index contributed by atoms with van der Waals surface area (Å²) >= 11 is 2.78. The zero-order chi connectivity index (χ0) is 27.9. The summed E-state index contributed by atoms with van der Waals surface area (Å²) in [7, 11) is 0. The monoisotopic (exact) mass is 569 g/mol. The minimum Gasteiger partial charge on any atom is -0.384 e. The second kappa shape index (κ2) is 12.8. The van der Waals surface area contributed by atoms with E-state index in [1.54, 1.807) is 19.2 Å². The lowest BCUT2D eigenvalue weighted by molar-refractivity contribution is -0.124. The number of nitrogen functional groups attached to an aromatic ring is 1. The Morgan fingerprint density at radius 1 is 1.23 bits per heavy atom. The highest BCUT2D eigenvalue weighted by Gasteiger charge is 2.31. The largest absolute Gasteiger partial charge is 0.384 e. The van der Waals surface area contributed by atoms with Crippen molar-refractivity contribution in [3.63, 3.8) is 0 Å². The highest BCUT2D eigenvalue weighted by atomic mass is 32.2. The van der Waals surface area contributed by atoms with Gasteiger partial charge in [-0.15, -0.1) is 11.3 Å². The van der Waals surface area contributed by atoms with Crippen LogP contribution in [0.1, 0.15) is 49.4 Å². The first-order valence-electron chi connectivity index (χ1n) is 12.6. The number of piperidine rings is 1. The van der Waals surface area contributed by atoms with Gasteiger partial charge in [0.15, 0.2) is 5.17 Å². The highest BCUT2D eigenvalue weighted by molar-refractivity contribution is 8.26. The number of hydrogen-bond acceptors (Lipinski definition) is 10. The molecule has 0 spiro atoms. The van der Waals surface area contributed by atoms with Gasteiger partial charge in [-0.3, -0.25) is 29.8 Å². The smallest absolute Gasteiger partial charge is 0.278 e. The van der Waals surface area contributed by atoms with Crippen LogP contribution in [-0.2, 0) is 22.6 Å². The molecule has 0 aromatic carbocycles. The van der Waals surface area contributed by atoms with Crippen molar-refractivity contribution >= 4 is 67.2 Å². The summed E-state index contributed by atoms with van der Waals surface area (Å²) in [5, 5.41) is 22.1. The number of amidine groups is 1. The number of pyridine rings is 1. The van der Waals surface area contributed by atoms with E-state index in [9.17, 15) is 14.4 Å². The van der Waals surface area contributed by atoms with Gasteiger partial charge in [0.05, 0.1) is 17.8 Å². The van der Waals surface area contributed by atoms with Crippen LogP contribution in [0, 0.1) is 10.8 Å². The van der Waals surface area contributed by atoms with Crippen molar-refractivity contribution in [2.45, 2.75) is 51.6 Å². The quantitative estimate of drug-likeness (QED) is 0.176. The Morgan fingerprint density at radius 3 is 2.72 bits per heavy atom. The summed E-state index contributed by atoms with van der Waals surface area (Å²) in [6, 6.07) is 3.11. The first kappa shape index (κ1) is 28.2. The summed E-state index contributed by atoms with van der Waals surface area (Å²) in [4.78, 5) is 47.0. The van der Waals surface area contributed by atoms with E-state index >= 15 is 0 Å². The number of likely N-dealkylation sites (tertiary alicyclic amines) is 1. The van der Waals surface area contributed by atoms with Crippen molar-refractivity contribution in [1.29, 1.82) is 10.8 Å². The van der Waals surface area contributed by atoms with Gasteiger partial charge in [-0.2, -0.15) is 0 Å². The van der Waals surface area contributed by atoms with Gasteiger partial charge in [0.25, 0.3) is 5.56 Å². The lowest BCUT2D eigenvalue weighted by Crippen LogP contribution is -2.36. The highest BCUT2D eigenvalue weighted by Crippen LogP contribution is 2.27. The molecule has 5 heterocycles. The maximum absolute atomic E-state index is 12.7. The van der Waals surface area contributed by atoms with Crippen molar-refractivity contribution < 1.29 is 9.59 Å². The number of aryl methyl sites for hydroxylation is 1. The summed E-state index contributed by atoms with van der Waals surface area (Å²) in [5.41, 5.74) is 5.33. The van der Waals surface area contributed by atoms with Gasteiger partial charge in [-0.25, -0.2) is 9.97 Å². The lowest BCUT2D eigenvalue weighted by Gasteiger charge is -2.27. The number of carbonyl (C=O) groups is 2. The summed E-state index contributed by atoms with van der Waals surface area (Å²) < 4.78 is 2.36. The van der Waals surface area contributed by atoms with Crippen LogP contribution in [0.5, 0.6) is 0 Å². The number of thioether (sulfide) groups is 1. The maximum atomic E-state index is 12.7. The predicted octanol–water partition coefficient (Wildman–Crippen LogP) is 2.94. The van der Waals surface area contributed by atoms with Gasteiger partial charge in [-0.05, 0) is 56.5 Å². The van der Waals surface area contributed by atoms with Crippen molar-refractivity contribution in [2.24, 2.45) is 0 Å². The number of aromatic nitrogens is 3. The number of fused-ring (bicyclic) bond motifs is 2. The van der Waals surface area contributed by atoms with Crippen molar-refractivity contribution in [3.8, 4) is 0 Å². The Labute approximate surface area is 233 Å². The SMILES string of the molecule is CC(=N)SC(=N)N1CCCCC1.Nc1cc2sc(CNC(=O)C3CCc4ncc(NC=O)c(=O)n43)cc2cn1. The zero-order valence-electron chi connectivity index (χ0n) is 21.5. The fourth-order valence-corrected chi connectivity index (χ4v) is 6.13. The van der Waals surface area contributed by atoms with Crippen LogP contribution in [0.2, 0.25) is 0 Å². The van der Waals surface area contributed by atoms with Crippen LogP contribution in [0.4, 0.5) is 11.5 Å². The van der Waals surface area contributed by atoms with E-state index in [0.29, 0.717) is 47.7 Å². The standard InChI is InChI=1S/C17H16N6O3S.C8H15N3S/c18-14-4-13-9(5-19-14)3-10(27-13)6-21-16(25)12-1-2-15-20-7-11(22-8-24)17(26)23(12)15;1-7(9)12-8(10)11-5-3-2-4-6-11/h3-5,7-8,12H,1-2,6H2,(H2,18,19)(H,21,25)(H,22,24);9-10H,2-6H2,1H3. The van der Waals surface area contributed by atoms with Gasteiger partial charge in [0.2, 0.25) is 12.3 Å². The molecular formula is C25H31N9O3S2. The number of amides is 2. The molecule has 1 fully saturated rings. The molecule has 0 radical (unpaired) electrons. The Bertz CT molecular complexity index is 1450.